The second kappa shape index (κ2) is 6.36. The van der Waals surface area contributed by atoms with Crippen LogP contribution in [0.15, 0.2) is 23.1 Å². The number of carbonyl (C=O) groups excluding carboxylic acids is 1. The molecule has 1 heterocycles. The number of hydrogen-bond acceptors (Lipinski definition) is 3. The molecule has 0 radical (unpaired) electrons. The van der Waals surface area contributed by atoms with E-state index in [-0.39, 0.29) is 11.9 Å². The Hall–Kier alpha value is -2.11. The summed E-state index contributed by atoms with van der Waals surface area (Å²) in [5.41, 5.74) is -0.113. The summed E-state index contributed by atoms with van der Waals surface area (Å²) in [5.74, 6) is -1.37. The maximum atomic E-state index is 12.1. The molecule has 2 N–H and O–H groups in total. The van der Waals surface area contributed by atoms with E-state index in [4.69, 9.17) is 5.11 Å². The lowest BCUT2D eigenvalue weighted by molar-refractivity contribution is -0.137. The van der Waals surface area contributed by atoms with Gasteiger partial charge in [-0.2, -0.15) is 0 Å². The summed E-state index contributed by atoms with van der Waals surface area (Å²) in [6.07, 6.45) is 6.68. The second-order valence-electron chi connectivity index (χ2n) is 5.09. The molecule has 0 unspecified atom stereocenters. The normalized spacial score (nSPS) is 15.8. The van der Waals surface area contributed by atoms with Crippen LogP contribution >= 0.6 is 0 Å². The maximum Gasteiger partial charge on any atom is 0.323 e. The fourth-order valence-electron chi connectivity index (χ4n) is 2.45. The van der Waals surface area contributed by atoms with Crippen molar-refractivity contribution in [2.75, 3.05) is 0 Å². The van der Waals surface area contributed by atoms with E-state index >= 15 is 0 Å². The van der Waals surface area contributed by atoms with Gasteiger partial charge in [-0.3, -0.25) is 14.4 Å². The Labute approximate surface area is 116 Å². The smallest absolute Gasteiger partial charge is 0.323 e. The molecule has 1 aromatic heterocycles. The van der Waals surface area contributed by atoms with Crippen LogP contribution in [0, 0.1) is 0 Å². The molecule has 0 aromatic carbocycles. The number of nitrogens with zero attached hydrogens (tertiary/aromatic N) is 1. The average Bonchev–Trinajstić information content (AvgIpc) is 2.42. The summed E-state index contributed by atoms with van der Waals surface area (Å²) in [5, 5.41) is 11.7. The Balaban J connectivity index is 2.09. The van der Waals surface area contributed by atoms with E-state index in [1.54, 1.807) is 0 Å². The first kappa shape index (κ1) is 14.3. The number of pyridine rings is 1. The number of amides is 1. The molecule has 6 heteroatoms. The van der Waals surface area contributed by atoms with Crippen molar-refractivity contribution < 1.29 is 14.7 Å². The molecule has 1 saturated carbocycles. The van der Waals surface area contributed by atoms with E-state index in [1.165, 1.54) is 24.8 Å². The Bertz CT molecular complexity index is 559. The van der Waals surface area contributed by atoms with Crippen LogP contribution in [0.1, 0.15) is 42.5 Å². The third kappa shape index (κ3) is 3.69. The first-order valence-corrected chi connectivity index (χ1v) is 6.79. The molecule has 0 bridgehead atoms. The molecular formula is C14H18N2O4. The molecule has 1 aliphatic rings. The zero-order chi connectivity index (χ0) is 14.5. The van der Waals surface area contributed by atoms with Crippen LogP contribution in [-0.2, 0) is 11.3 Å². The van der Waals surface area contributed by atoms with E-state index in [9.17, 15) is 14.4 Å². The number of aliphatic carboxylic acids is 1. The monoisotopic (exact) mass is 278 g/mol. The van der Waals surface area contributed by atoms with Crippen LogP contribution in [0.3, 0.4) is 0 Å². The molecule has 0 saturated heterocycles. The van der Waals surface area contributed by atoms with Gasteiger partial charge in [-0.1, -0.05) is 19.3 Å². The van der Waals surface area contributed by atoms with Crippen molar-refractivity contribution in [1.29, 1.82) is 0 Å². The van der Waals surface area contributed by atoms with E-state index in [0.717, 1.165) is 30.3 Å². The summed E-state index contributed by atoms with van der Waals surface area (Å²) >= 11 is 0. The number of nitrogens with one attached hydrogen (secondary N) is 1. The topological polar surface area (TPSA) is 88.4 Å². The third-order valence-corrected chi connectivity index (χ3v) is 3.49. The van der Waals surface area contributed by atoms with Crippen molar-refractivity contribution in [1.82, 2.24) is 9.88 Å². The molecule has 1 fully saturated rings. The van der Waals surface area contributed by atoms with Crippen molar-refractivity contribution in [3.8, 4) is 0 Å². The number of carbonyl (C=O) groups is 2. The predicted octanol–water partition coefficient (Wildman–Crippen LogP) is 0.995. The van der Waals surface area contributed by atoms with Crippen LogP contribution in [0.4, 0.5) is 0 Å². The van der Waals surface area contributed by atoms with Gasteiger partial charge in [-0.25, -0.2) is 0 Å². The van der Waals surface area contributed by atoms with Crippen molar-refractivity contribution >= 4 is 11.9 Å². The van der Waals surface area contributed by atoms with Gasteiger partial charge in [-0.05, 0) is 18.9 Å². The van der Waals surface area contributed by atoms with E-state index in [1.807, 2.05) is 0 Å². The lowest BCUT2D eigenvalue weighted by Crippen LogP contribution is -2.37. The van der Waals surface area contributed by atoms with E-state index in [2.05, 4.69) is 5.32 Å². The largest absolute Gasteiger partial charge is 0.480 e. The standard InChI is InChI=1S/C14H18N2O4/c17-12-7-6-10(8-16(12)9-13(18)19)14(20)15-11-4-2-1-3-5-11/h6-8,11H,1-5,9H2,(H,15,20)(H,18,19). The number of carboxylic acid groups (broad SMARTS) is 1. The van der Waals surface area contributed by atoms with Gasteiger partial charge in [0, 0.05) is 18.3 Å². The van der Waals surface area contributed by atoms with Gasteiger partial charge in [0.05, 0.1) is 5.56 Å². The van der Waals surface area contributed by atoms with E-state index in [0.29, 0.717) is 5.56 Å². The fourth-order valence-corrected chi connectivity index (χ4v) is 2.45. The van der Waals surface area contributed by atoms with Crippen molar-refractivity contribution in [2.45, 2.75) is 44.7 Å². The highest BCUT2D eigenvalue weighted by atomic mass is 16.4. The molecule has 108 valence electrons. The van der Waals surface area contributed by atoms with Gasteiger partial charge in [0.15, 0.2) is 0 Å². The summed E-state index contributed by atoms with van der Waals surface area (Å²) in [6.45, 7) is -0.441. The highest BCUT2D eigenvalue weighted by Gasteiger charge is 2.17. The Morgan fingerprint density at radius 1 is 1.25 bits per heavy atom. The predicted molar refractivity (Wildman–Crippen MR) is 72.7 cm³/mol. The van der Waals surface area contributed by atoms with Gasteiger partial charge in [0.25, 0.3) is 11.5 Å². The minimum Gasteiger partial charge on any atom is -0.480 e. The van der Waals surface area contributed by atoms with Gasteiger partial charge < -0.3 is 15.0 Å². The summed E-state index contributed by atoms with van der Waals surface area (Å²) in [6, 6.07) is 2.83. The minimum atomic E-state index is -1.11. The van der Waals surface area contributed by atoms with Gasteiger partial charge >= 0.3 is 5.97 Å². The van der Waals surface area contributed by atoms with Gasteiger partial charge in [-0.15, -0.1) is 0 Å². The molecule has 2 rings (SSSR count). The number of carboxylic acids is 1. The SMILES string of the molecule is O=C(O)Cn1cc(C(=O)NC2CCCCC2)ccc1=O. The molecular weight excluding hydrogens is 260 g/mol. The zero-order valence-electron chi connectivity index (χ0n) is 11.2. The number of hydrogen-bond donors (Lipinski definition) is 2. The lowest BCUT2D eigenvalue weighted by atomic mass is 9.95. The summed E-state index contributed by atoms with van der Waals surface area (Å²) < 4.78 is 1.03. The Morgan fingerprint density at radius 2 is 1.95 bits per heavy atom. The van der Waals surface area contributed by atoms with Gasteiger partial charge in [0.2, 0.25) is 0 Å². The molecule has 0 spiro atoms. The fraction of sp³-hybridized carbons (Fsp3) is 0.500. The van der Waals surface area contributed by atoms with Crippen molar-refractivity contribution in [2.24, 2.45) is 0 Å². The molecule has 0 aliphatic heterocycles. The zero-order valence-corrected chi connectivity index (χ0v) is 11.2. The van der Waals surface area contributed by atoms with Crippen LogP contribution in [0.2, 0.25) is 0 Å². The number of aromatic nitrogens is 1. The quantitative estimate of drug-likeness (QED) is 0.859. The van der Waals surface area contributed by atoms with Crippen LogP contribution in [0.5, 0.6) is 0 Å². The van der Waals surface area contributed by atoms with Gasteiger partial charge in [0.1, 0.15) is 6.54 Å². The molecule has 1 amide bonds. The average molecular weight is 278 g/mol. The first-order chi connectivity index (χ1) is 9.56. The van der Waals surface area contributed by atoms with Crippen LogP contribution in [-0.4, -0.2) is 27.6 Å². The number of rotatable bonds is 4. The summed E-state index contributed by atoms with van der Waals surface area (Å²) in [4.78, 5) is 34.2. The highest BCUT2D eigenvalue weighted by Crippen LogP contribution is 2.17. The molecule has 0 atom stereocenters. The molecule has 1 aromatic rings. The maximum absolute atomic E-state index is 12.1. The minimum absolute atomic E-state index is 0.177. The molecule has 1 aliphatic carbocycles. The third-order valence-electron chi connectivity index (χ3n) is 3.49. The second-order valence-corrected chi connectivity index (χ2v) is 5.09. The first-order valence-electron chi connectivity index (χ1n) is 6.79. The van der Waals surface area contributed by atoms with Crippen molar-refractivity contribution in [3.63, 3.8) is 0 Å². The summed E-state index contributed by atoms with van der Waals surface area (Å²) in [7, 11) is 0. The Kier molecular flexibility index (Phi) is 4.55. The van der Waals surface area contributed by atoms with E-state index < -0.39 is 18.1 Å². The molecule has 20 heavy (non-hydrogen) atoms. The van der Waals surface area contributed by atoms with Crippen LogP contribution in [0.25, 0.3) is 0 Å². The lowest BCUT2D eigenvalue weighted by Gasteiger charge is -2.22. The Morgan fingerprint density at radius 3 is 2.60 bits per heavy atom. The highest BCUT2D eigenvalue weighted by molar-refractivity contribution is 5.94. The molecule has 6 nitrogen and oxygen atoms in total. The van der Waals surface area contributed by atoms with Crippen molar-refractivity contribution in [3.05, 3.63) is 34.2 Å². The van der Waals surface area contributed by atoms with Crippen LogP contribution < -0.4 is 10.9 Å².